The van der Waals surface area contributed by atoms with E-state index in [1.54, 1.807) is 24.3 Å². The van der Waals surface area contributed by atoms with Gasteiger partial charge in [0.05, 0.1) is 0 Å². The summed E-state index contributed by atoms with van der Waals surface area (Å²) in [4.78, 5) is 0. The number of benzene rings is 3. The van der Waals surface area contributed by atoms with E-state index in [0.717, 1.165) is 16.7 Å². The Hall–Kier alpha value is -2.22. The van der Waals surface area contributed by atoms with Crippen molar-refractivity contribution in [2.24, 2.45) is 0 Å². The zero-order valence-electron chi connectivity index (χ0n) is 13.1. The molecule has 0 aliphatic rings. The lowest BCUT2D eigenvalue weighted by Gasteiger charge is -2.16. The van der Waals surface area contributed by atoms with Gasteiger partial charge in [-0.3, -0.25) is 0 Å². The highest BCUT2D eigenvalue weighted by Crippen LogP contribution is 2.54. The second-order valence-corrected chi connectivity index (χ2v) is 7.76. The van der Waals surface area contributed by atoms with Gasteiger partial charge < -0.3 is 9.05 Å². The minimum absolute atomic E-state index is 0.399. The van der Waals surface area contributed by atoms with E-state index in [1.165, 1.54) is 0 Å². The third-order valence-electron chi connectivity index (χ3n) is 3.41. The smallest absolute Gasteiger partial charge is 0.405 e. The van der Waals surface area contributed by atoms with Gasteiger partial charge in [-0.2, -0.15) is 0 Å². The molecule has 0 radical (unpaired) electrons. The molecule has 1 unspecified atom stereocenters. The van der Waals surface area contributed by atoms with E-state index in [4.69, 9.17) is 20.3 Å². The standard InChI is InChI=1S/C19H16ClO3P/c1-15-11-13-17(14-12-15)22-24(20,21)23-19-10-6-5-9-18(19)16-7-3-2-4-8-16/h2-14H,1H3. The summed E-state index contributed by atoms with van der Waals surface area (Å²) < 4.78 is 23.4. The quantitative estimate of drug-likeness (QED) is 0.490. The normalized spacial score (nSPS) is 13.1. The molecule has 3 aromatic rings. The van der Waals surface area contributed by atoms with E-state index in [0.29, 0.717) is 11.5 Å². The van der Waals surface area contributed by atoms with Crippen molar-refractivity contribution in [3.63, 3.8) is 0 Å². The fraction of sp³-hybridized carbons (Fsp3) is 0.0526. The van der Waals surface area contributed by atoms with E-state index in [-0.39, 0.29) is 0 Å². The molecule has 0 spiro atoms. The van der Waals surface area contributed by atoms with E-state index >= 15 is 0 Å². The van der Waals surface area contributed by atoms with Crippen LogP contribution in [0, 0.1) is 6.92 Å². The molecule has 3 aromatic carbocycles. The summed E-state index contributed by atoms with van der Waals surface area (Å²) >= 11 is 6.02. The van der Waals surface area contributed by atoms with Gasteiger partial charge in [0.2, 0.25) is 0 Å². The maximum atomic E-state index is 12.5. The summed E-state index contributed by atoms with van der Waals surface area (Å²) in [5.74, 6) is 0.810. The van der Waals surface area contributed by atoms with Gasteiger partial charge in [-0.1, -0.05) is 66.2 Å². The lowest BCUT2D eigenvalue weighted by atomic mass is 10.1. The van der Waals surface area contributed by atoms with Crippen molar-refractivity contribution in [1.29, 1.82) is 0 Å². The van der Waals surface area contributed by atoms with Crippen molar-refractivity contribution in [2.75, 3.05) is 0 Å². The molecule has 0 aliphatic carbocycles. The Balaban J connectivity index is 1.85. The van der Waals surface area contributed by atoms with Crippen LogP contribution in [0.2, 0.25) is 0 Å². The molecule has 24 heavy (non-hydrogen) atoms. The number of para-hydroxylation sites is 1. The predicted octanol–water partition coefficient (Wildman–Crippen LogP) is 6.47. The van der Waals surface area contributed by atoms with Crippen LogP contribution >= 0.6 is 18.2 Å². The fourth-order valence-electron chi connectivity index (χ4n) is 2.26. The minimum atomic E-state index is -3.83. The van der Waals surface area contributed by atoms with Crippen LogP contribution in [0.4, 0.5) is 0 Å². The molecule has 3 nitrogen and oxygen atoms in total. The minimum Gasteiger partial charge on any atom is -0.405 e. The third kappa shape index (κ3) is 4.19. The van der Waals surface area contributed by atoms with Crippen LogP contribution in [-0.2, 0) is 4.57 Å². The Morgan fingerprint density at radius 1 is 0.792 bits per heavy atom. The molecule has 0 amide bonds. The van der Waals surface area contributed by atoms with E-state index in [9.17, 15) is 4.57 Å². The number of hydrogen-bond donors (Lipinski definition) is 0. The third-order valence-corrected chi connectivity index (χ3v) is 4.67. The first-order chi connectivity index (χ1) is 11.5. The van der Waals surface area contributed by atoms with Gasteiger partial charge in [-0.15, -0.1) is 0 Å². The molecule has 0 saturated heterocycles. The van der Waals surface area contributed by atoms with Crippen molar-refractivity contribution < 1.29 is 13.6 Å². The SMILES string of the molecule is Cc1ccc(OP(=O)(Cl)Oc2ccccc2-c2ccccc2)cc1. The number of hydrogen-bond acceptors (Lipinski definition) is 3. The number of aryl methyl sites for hydroxylation is 1. The molecule has 1 atom stereocenters. The van der Waals surface area contributed by atoms with Gasteiger partial charge in [-0.05, 0) is 30.7 Å². The monoisotopic (exact) mass is 358 g/mol. The Bertz CT molecular complexity index is 863. The number of rotatable bonds is 5. The maximum Gasteiger partial charge on any atom is 0.530 e. The molecule has 3 rings (SSSR count). The van der Waals surface area contributed by atoms with Crippen molar-refractivity contribution in [1.82, 2.24) is 0 Å². The van der Waals surface area contributed by atoms with Crippen molar-refractivity contribution in [3.8, 4) is 22.6 Å². The summed E-state index contributed by atoms with van der Waals surface area (Å²) in [6.45, 7) is -1.87. The molecule has 5 heteroatoms. The Kier molecular flexibility index (Phi) is 4.94. The average Bonchev–Trinajstić information content (AvgIpc) is 2.58. The second kappa shape index (κ2) is 7.12. The van der Waals surface area contributed by atoms with Crippen molar-refractivity contribution >= 4 is 18.2 Å². The largest absolute Gasteiger partial charge is 0.530 e. The van der Waals surface area contributed by atoms with Gasteiger partial charge in [0.1, 0.15) is 11.5 Å². The van der Waals surface area contributed by atoms with Gasteiger partial charge in [0.25, 0.3) is 0 Å². The van der Waals surface area contributed by atoms with Crippen LogP contribution in [0.25, 0.3) is 11.1 Å². The van der Waals surface area contributed by atoms with Crippen molar-refractivity contribution in [2.45, 2.75) is 6.92 Å². The van der Waals surface area contributed by atoms with Crippen LogP contribution in [-0.4, -0.2) is 0 Å². The predicted molar refractivity (Wildman–Crippen MR) is 97.8 cm³/mol. The highest BCUT2D eigenvalue weighted by Gasteiger charge is 2.26. The number of halogens is 1. The summed E-state index contributed by atoms with van der Waals surface area (Å²) in [6, 6.07) is 24.1. The van der Waals surface area contributed by atoms with Crippen LogP contribution in [0.15, 0.2) is 78.9 Å². The van der Waals surface area contributed by atoms with E-state index < -0.39 is 6.95 Å². The van der Waals surface area contributed by atoms with E-state index in [1.807, 2.05) is 61.5 Å². The summed E-state index contributed by atoms with van der Waals surface area (Å²) in [5.41, 5.74) is 2.81. The summed E-state index contributed by atoms with van der Waals surface area (Å²) in [5, 5.41) is 0. The fourth-order valence-corrected chi connectivity index (χ4v) is 3.53. The lowest BCUT2D eigenvalue weighted by Crippen LogP contribution is -1.96. The Morgan fingerprint density at radius 3 is 2.12 bits per heavy atom. The van der Waals surface area contributed by atoms with Gasteiger partial charge in [0.15, 0.2) is 0 Å². The molecule has 0 heterocycles. The molecule has 0 N–H and O–H groups in total. The average molecular weight is 359 g/mol. The molecule has 0 saturated carbocycles. The first-order valence-electron chi connectivity index (χ1n) is 7.43. The van der Waals surface area contributed by atoms with Gasteiger partial charge in [0, 0.05) is 16.8 Å². The van der Waals surface area contributed by atoms with Crippen LogP contribution in [0.1, 0.15) is 5.56 Å². The highest BCUT2D eigenvalue weighted by molar-refractivity contribution is 7.82. The van der Waals surface area contributed by atoms with Crippen LogP contribution in [0.5, 0.6) is 11.5 Å². The lowest BCUT2D eigenvalue weighted by molar-refractivity contribution is 0.407. The van der Waals surface area contributed by atoms with Crippen LogP contribution in [0.3, 0.4) is 0 Å². The summed E-state index contributed by atoms with van der Waals surface area (Å²) in [7, 11) is 0. The summed E-state index contributed by atoms with van der Waals surface area (Å²) in [6.07, 6.45) is 0. The van der Waals surface area contributed by atoms with Crippen molar-refractivity contribution in [3.05, 3.63) is 84.4 Å². The van der Waals surface area contributed by atoms with E-state index in [2.05, 4.69) is 0 Å². The molecular formula is C19H16ClO3P. The highest BCUT2D eigenvalue weighted by atomic mass is 35.7. The molecular weight excluding hydrogens is 343 g/mol. The molecule has 122 valence electrons. The van der Waals surface area contributed by atoms with Gasteiger partial charge >= 0.3 is 6.95 Å². The molecule has 0 fully saturated rings. The maximum absolute atomic E-state index is 12.5. The topological polar surface area (TPSA) is 35.5 Å². The van der Waals surface area contributed by atoms with Crippen LogP contribution < -0.4 is 9.05 Å². The zero-order valence-corrected chi connectivity index (χ0v) is 14.7. The molecule has 0 bridgehead atoms. The molecule has 0 aromatic heterocycles. The first-order valence-corrected chi connectivity index (χ1v) is 9.88. The second-order valence-electron chi connectivity index (χ2n) is 5.29. The Labute approximate surface area is 146 Å². The first kappa shape index (κ1) is 16.6. The van der Waals surface area contributed by atoms with Gasteiger partial charge in [-0.25, -0.2) is 4.57 Å². The Morgan fingerprint density at radius 2 is 1.42 bits per heavy atom. The molecule has 0 aliphatic heterocycles. The zero-order chi connectivity index (χ0) is 17.0.